The average Bonchev–Trinajstić information content (AvgIpc) is 2.77. The summed E-state index contributed by atoms with van der Waals surface area (Å²) in [4.78, 5) is 23.8. The Morgan fingerprint density at radius 3 is 2.67 bits per heavy atom. The number of aliphatic carboxylic acids is 1. The fourth-order valence-electron chi connectivity index (χ4n) is 1.39. The molecule has 1 aromatic heterocycles. The van der Waals surface area contributed by atoms with Crippen molar-refractivity contribution in [2.24, 2.45) is 0 Å². The van der Waals surface area contributed by atoms with Crippen molar-refractivity contribution in [3.05, 3.63) is 29.6 Å². The van der Waals surface area contributed by atoms with Crippen LogP contribution >= 0.6 is 0 Å². The molecule has 98 valence electrons. The Bertz CT molecular complexity index is 475. The highest BCUT2D eigenvalue weighted by atomic mass is 16.4. The molecule has 1 aromatic rings. The third-order valence-electron chi connectivity index (χ3n) is 2.45. The monoisotopic (exact) mass is 251 g/mol. The number of carbonyl (C=O) groups excluding carboxylic acids is 1. The molecule has 0 atom stereocenters. The number of hydrogen-bond acceptors (Lipinski definition) is 3. The molecule has 1 amide bonds. The molecule has 1 N–H and O–H groups in total. The van der Waals surface area contributed by atoms with Gasteiger partial charge in [0, 0.05) is 25.9 Å². The summed E-state index contributed by atoms with van der Waals surface area (Å²) in [5.74, 6) is -1.10. The van der Waals surface area contributed by atoms with Gasteiger partial charge in [-0.2, -0.15) is 5.10 Å². The number of nitrogens with zero attached hydrogens (tertiary/aromatic N) is 3. The minimum absolute atomic E-state index is 0.174. The van der Waals surface area contributed by atoms with Crippen LogP contribution in [0, 0.1) is 0 Å². The Morgan fingerprint density at radius 2 is 2.17 bits per heavy atom. The third-order valence-corrected chi connectivity index (χ3v) is 2.45. The van der Waals surface area contributed by atoms with E-state index in [4.69, 9.17) is 5.11 Å². The van der Waals surface area contributed by atoms with E-state index in [2.05, 4.69) is 5.10 Å². The van der Waals surface area contributed by atoms with Crippen LogP contribution in [0.2, 0.25) is 0 Å². The Kier molecular flexibility index (Phi) is 4.65. The molecule has 0 bridgehead atoms. The van der Waals surface area contributed by atoms with Crippen LogP contribution in [0.15, 0.2) is 23.9 Å². The van der Waals surface area contributed by atoms with Crippen LogP contribution in [0.25, 0.3) is 0 Å². The summed E-state index contributed by atoms with van der Waals surface area (Å²) in [5.41, 5.74) is 0.688. The Labute approximate surface area is 106 Å². The molecule has 6 nitrogen and oxygen atoms in total. The van der Waals surface area contributed by atoms with Crippen LogP contribution in [-0.2, 0) is 11.3 Å². The molecule has 0 unspecified atom stereocenters. The Morgan fingerprint density at radius 1 is 1.50 bits per heavy atom. The van der Waals surface area contributed by atoms with Crippen molar-refractivity contribution >= 4 is 11.9 Å². The van der Waals surface area contributed by atoms with Gasteiger partial charge in [-0.25, -0.2) is 4.79 Å². The predicted octanol–water partition coefficient (Wildman–Crippen LogP) is 1.01. The van der Waals surface area contributed by atoms with Gasteiger partial charge in [-0.15, -0.1) is 0 Å². The molecule has 1 rings (SSSR count). The molecule has 18 heavy (non-hydrogen) atoms. The van der Waals surface area contributed by atoms with E-state index in [1.165, 1.54) is 9.58 Å². The van der Waals surface area contributed by atoms with Gasteiger partial charge in [0.05, 0.1) is 6.54 Å². The molecule has 0 radical (unpaired) electrons. The van der Waals surface area contributed by atoms with E-state index in [0.29, 0.717) is 24.2 Å². The lowest BCUT2D eigenvalue weighted by molar-refractivity contribution is -0.132. The number of carboxylic acids is 1. The lowest BCUT2D eigenvalue weighted by atomic mass is 10.2. The summed E-state index contributed by atoms with van der Waals surface area (Å²) in [5, 5.41) is 12.9. The third kappa shape index (κ3) is 3.44. The molecular weight excluding hydrogens is 234 g/mol. The fraction of sp³-hybridized carbons (Fsp3) is 0.417. The van der Waals surface area contributed by atoms with Crippen molar-refractivity contribution in [2.75, 3.05) is 14.1 Å². The summed E-state index contributed by atoms with van der Waals surface area (Å²) < 4.78 is 1.54. The zero-order valence-corrected chi connectivity index (χ0v) is 10.8. The zero-order chi connectivity index (χ0) is 13.7. The first kappa shape index (κ1) is 14.0. The topological polar surface area (TPSA) is 75.4 Å². The normalized spacial score (nSPS) is 11.4. The highest BCUT2D eigenvalue weighted by Crippen LogP contribution is 2.03. The number of carbonyl (C=O) groups is 2. The van der Waals surface area contributed by atoms with E-state index >= 15 is 0 Å². The van der Waals surface area contributed by atoms with E-state index in [1.807, 2.05) is 0 Å². The largest absolute Gasteiger partial charge is 0.478 e. The lowest BCUT2D eigenvalue weighted by Gasteiger charge is -2.06. The van der Waals surface area contributed by atoms with E-state index in [-0.39, 0.29) is 5.91 Å². The first-order valence-electron chi connectivity index (χ1n) is 5.63. The molecule has 0 aliphatic carbocycles. The molecule has 1 heterocycles. The standard InChI is InChI=1S/C12H17N3O3/c1-4-9(12(17)18)5-7-15-8-6-10(13-15)11(16)14(2)3/h5-6,8H,4,7H2,1-3H3,(H,17,18). The van der Waals surface area contributed by atoms with Gasteiger partial charge >= 0.3 is 5.97 Å². The second kappa shape index (κ2) is 6.00. The lowest BCUT2D eigenvalue weighted by Crippen LogP contribution is -2.22. The van der Waals surface area contributed by atoms with Crippen LogP contribution in [0.5, 0.6) is 0 Å². The van der Waals surface area contributed by atoms with Gasteiger partial charge in [0.2, 0.25) is 0 Å². The molecule has 0 aliphatic rings. The average molecular weight is 251 g/mol. The summed E-state index contributed by atoms with van der Waals surface area (Å²) in [6, 6.07) is 1.61. The maximum Gasteiger partial charge on any atom is 0.331 e. The predicted molar refractivity (Wildman–Crippen MR) is 66.3 cm³/mol. The van der Waals surface area contributed by atoms with E-state index in [9.17, 15) is 9.59 Å². The van der Waals surface area contributed by atoms with E-state index in [1.54, 1.807) is 39.4 Å². The SMILES string of the molecule is CCC(=CCn1ccc(C(=O)N(C)C)n1)C(=O)O. The zero-order valence-electron chi connectivity index (χ0n) is 10.8. The van der Waals surface area contributed by atoms with Crippen LogP contribution in [0.1, 0.15) is 23.8 Å². The van der Waals surface area contributed by atoms with Crippen molar-refractivity contribution in [3.63, 3.8) is 0 Å². The van der Waals surface area contributed by atoms with Crippen molar-refractivity contribution in [3.8, 4) is 0 Å². The van der Waals surface area contributed by atoms with Gasteiger partial charge in [-0.3, -0.25) is 9.48 Å². The number of hydrogen-bond donors (Lipinski definition) is 1. The molecule has 0 aromatic carbocycles. The van der Waals surface area contributed by atoms with Crippen LogP contribution in [-0.4, -0.2) is 45.8 Å². The summed E-state index contributed by atoms with van der Waals surface area (Å²) in [6.45, 7) is 2.13. The van der Waals surface area contributed by atoms with Crippen LogP contribution in [0.4, 0.5) is 0 Å². The van der Waals surface area contributed by atoms with Gasteiger partial charge in [-0.1, -0.05) is 13.0 Å². The first-order valence-corrected chi connectivity index (χ1v) is 5.63. The number of rotatable bonds is 5. The Balaban J connectivity index is 2.76. The first-order chi connectivity index (χ1) is 8.45. The number of carboxylic acid groups (broad SMARTS) is 1. The quantitative estimate of drug-likeness (QED) is 0.792. The number of aromatic nitrogens is 2. The van der Waals surface area contributed by atoms with Crippen LogP contribution in [0.3, 0.4) is 0 Å². The smallest absolute Gasteiger partial charge is 0.331 e. The summed E-state index contributed by atoms with van der Waals surface area (Å²) >= 11 is 0. The molecule has 0 aliphatic heterocycles. The molecule has 0 saturated carbocycles. The Hall–Kier alpha value is -2.11. The molecule has 6 heteroatoms. The van der Waals surface area contributed by atoms with Gasteiger partial charge < -0.3 is 10.0 Å². The van der Waals surface area contributed by atoms with Crippen molar-refractivity contribution in [1.29, 1.82) is 0 Å². The van der Waals surface area contributed by atoms with Crippen molar-refractivity contribution in [2.45, 2.75) is 19.9 Å². The number of allylic oxidation sites excluding steroid dienone is 1. The minimum Gasteiger partial charge on any atom is -0.478 e. The van der Waals surface area contributed by atoms with Gasteiger partial charge in [-0.05, 0) is 12.5 Å². The van der Waals surface area contributed by atoms with Crippen molar-refractivity contribution in [1.82, 2.24) is 14.7 Å². The van der Waals surface area contributed by atoms with Gasteiger partial charge in [0.15, 0.2) is 0 Å². The highest BCUT2D eigenvalue weighted by molar-refractivity contribution is 5.91. The highest BCUT2D eigenvalue weighted by Gasteiger charge is 2.11. The minimum atomic E-state index is -0.922. The molecule has 0 fully saturated rings. The molecule has 0 spiro atoms. The second-order valence-electron chi connectivity index (χ2n) is 4.01. The maximum absolute atomic E-state index is 11.6. The summed E-state index contributed by atoms with van der Waals surface area (Å²) in [7, 11) is 3.31. The second-order valence-corrected chi connectivity index (χ2v) is 4.01. The number of amides is 1. The van der Waals surface area contributed by atoms with Crippen LogP contribution < -0.4 is 0 Å². The summed E-state index contributed by atoms with van der Waals surface area (Å²) in [6.07, 6.45) is 3.71. The van der Waals surface area contributed by atoms with Gasteiger partial charge in [0.1, 0.15) is 5.69 Å². The molecule has 0 saturated heterocycles. The van der Waals surface area contributed by atoms with Gasteiger partial charge in [0.25, 0.3) is 5.91 Å². The van der Waals surface area contributed by atoms with E-state index < -0.39 is 5.97 Å². The molecular formula is C12H17N3O3. The maximum atomic E-state index is 11.6. The fourth-order valence-corrected chi connectivity index (χ4v) is 1.39. The van der Waals surface area contributed by atoms with E-state index in [0.717, 1.165) is 0 Å². The van der Waals surface area contributed by atoms with Crippen molar-refractivity contribution < 1.29 is 14.7 Å².